The van der Waals surface area contributed by atoms with Crippen LogP contribution in [0.5, 0.6) is 0 Å². The van der Waals surface area contributed by atoms with Gasteiger partial charge in [0.15, 0.2) is 5.82 Å². The van der Waals surface area contributed by atoms with E-state index in [1.807, 2.05) is 6.92 Å². The van der Waals surface area contributed by atoms with Crippen molar-refractivity contribution in [3.05, 3.63) is 11.7 Å². The second-order valence-electron chi connectivity index (χ2n) is 3.63. The fraction of sp³-hybridized carbons (Fsp3) is 0.778. The summed E-state index contributed by atoms with van der Waals surface area (Å²) in [6, 6.07) is 0. The molecule has 0 bridgehead atoms. The SMILES string of the molecule is CC(CN)c1noc(C2CCCO2)n1. The molecule has 0 aromatic carbocycles. The molecule has 5 heteroatoms. The lowest BCUT2D eigenvalue weighted by atomic mass is 10.2. The van der Waals surface area contributed by atoms with Crippen molar-refractivity contribution < 1.29 is 9.26 Å². The Morgan fingerprint density at radius 1 is 1.64 bits per heavy atom. The highest BCUT2D eigenvalue weighted by molar-refractivity contribution is 4.97. The molecule has 78 valence electrons. The normalized spacial score (nSPS) is 24.0. The van der Waals surface area contributed by atoms with E-state index in [0.29, 0.717) is 18.3 Å². The molecule has 0 saturated carbocycles. The van der Waals surface area contributed by atoms with Crippen LogP contribution in [0.15, 0.2) is 4.52 Å². The highest BCUT2D eigenvalue weighted by Gasteiger charge is 2.24. The lowest BCUT2D eigenvalue weighted by Crippen LogP contribution is -2.10. The lowest BCUT2D eigenvalue weighted by Gasteiger charge is -2.01. The van der Waals surface area contributed by atoms with Crippen molar-refractivity contribution in [3.8, 4) is 0 Å². The predicted molar refractivity (Wildman–Crippen MR) is 49.7 cm³/mol. The van der Waals surface area contributed by atoms with Gasteiger partial charge in [0, 0.05) is 19.1 Å². The van der Waals surface area contributed by atoms with Gasteiger partial charge in [0.1, 0.15) is 6.10 Å². The van der Waals surface area contributed by atoms with Crippen LogP contribution in [-0.4, -0.2) is 23.3 Å². The van der Waals surface area contributed by atoms with E-state index in [9.17, 15) is 0 Å². The number of nitrogens with two attached hydrogens (primary N) is 1. The molecule has 2 heterocycles. The smallest absolute Gasteiger partial charge is 0.255 e. The van der Waals surface area contributed by atoms with Crippen molar-refractivity contribution in [1.29, 1.82) is 0 Å². The van der Waals surface area contributed by atoms with Gasteiger partial charge in [0.2, 0.25) is 0 Å². The Morgan fingerprint density at radius 2 is 2.50 bits per heavy atom. The molecule has 1 aliphatic heterocycles. The van der Waals surface area contributed by atoms with Gasteiger partial charge in [-0.15, -0.1) is 0 Å². The lowest BCUT2D eigenvalue weighted by molar-refractivity contribution is 0.0835. The molecule has 1 aromatic heterocycles. The van der Waals surface area contributed by atoms with Gasteiger partial charge in [0.25, 0.3) is 5.89 Å². The van der Waals surface area contributed by atoms with Gasteiger partial charge in [-0.05, 0) is 12.8 Å². The maximum atomic E-state index is 5.51. The Morgan fingerprint density at radius 3 is 3.14 bits per heavy atom. The summed E-state index contributed by atoms with van der Waals surface area (Å²) < 4.78 is 10.6. The van der Waals surface area contributed by atoms with Crippen LogP contribution in [0.4, 0.5) is 0 Å². The summed E-state index contributed by atoms with van der Waals surface area (Å²) in [6.07, 6.45) is 2.04. The summed E-state index contributed by atoms with van der Waals surface area (Å²) in [5.41, 5.74) is 5.51. The molecule has 0 aliphatic carbocycles. The average Bonchev–Trinajstić information content (AvgIpc) is 2.86. The highest BCUT2D eigenvalue weighted by atomic mass is 16.5. The van der Waals surface area contributed by atoms with Crippen LogP contribution in [0, 0.1) is 0 Å². The van der Waals surface area contributed by atoms with E-state index in [-0.39, 0.29) is 12.0 Å². The predicted octanol–water partition coefficient (Wildman–Crippen LogP) is 0.983. The Hall–Kier alpha value is -0.940. The Balaban J connectivity index is 2.08. The number of ether oxygens (including phenoxy) is 1. The molecule has 0 spiro atoms. The summed E-state index contributed by atoms with van der Waals surface area (Å²) in [7, 11) is 0. The number of hydrogen-bond donors (Lipinski definition) is 1. The molecule has 14 heavy (non-hydrogen) atoms. The van der Waals surface area contributed by atoms with Crippen LogP contribution in [0.25, 0.3) is 0 Å². The molecule has 2 atom stereocenters. The van der Waals surface area contributed by atoms with E-state index < -0.39 is 0 Å². The molecule has 1 fully saturated rings. The summed E-state index contributed by atoms with van der Waals surface area (Å²) >= 11 is 0. The van der Waals surface area contributed by atoms with Crippen LogP contribution in [0.2, 0.25) is 0 Å². The Kier molecular flexibility index (Phi) is 2.79. The third-order valence-electron chi connectivity index (χ3n) is 2.46. The third-order valence-corrected chi connectivity index (χ3v) is 2.46. The zero-order valence-corrected chi connectivity index (χ0v) is 8.27. The second-order valence-corrected chi connectivity index (χ2v) is 3.63. The van der Waals surface area contributed by atoms with Crippen molar-refractivity contribution in [2.75, 3.05) is 13.2 Å². The third kappa shape index (κ3) is 1.78. The van der Waals surface area contributed by atoms with E-state index in [0.717, 1.165) is 19.4 Å². The zero-order chi connectivity index (χ0) is 9.97. The van der Waals surface area contributed by atoms with Crippen LogP contribution in [0.3, 0.4) is 0 Å². The first-order valence-corrected chi connectivity index (χ1v) is 4.96. The summed E-state index contributed by atoms with van der Waals surface area (Å²) in [4.78, 5) is 4.28. The standard InChI is InChI=1S/C9H15N3O2/c1-6(5-10)8-11-9(14-12-8)7-3-2-4-13-7/h6-7H,2-5,10H2,1H3. The quantitative estimate of drug-likeness (QED) is 0.781. The van der Waals surface area contributed by atoms with Crippen molar-refractivity contribution >= 4 is 0 Å². The maximum absolute atomic E-state index is 5.51. The van der Waals surface area contributed by atoms with Gasteiger partial charge >= 0.3 is 0 Å². The fourth-order valence-electron chi connectivity index (χ4n) is 1.46. The van der Waals surface area contributed by atoms with Gasteiger partial charge < -0.3 is 15.0 Å². The van der Waals surface area contributed by atoms with Crippen LogP contribution >= 0.6 is 0 Å². The minimum atomic E-state index is 0.00113. The molecule has 1 aliphatic rings. The molecule has 0 amide bonds. The van der Waals surface area contributed by atoms with E-state index in [2.05, 4.69) is 10.1 Å². The van der Waals surface area contributed by atoms with Gasteiger partial charge in [-0.1, -0.05) is 12.1 Å². The monoisotopic (exact) mass is 197 g/mol. The second kappa shape index (κ2) is 4.06. The van der Waals surface area contributed by atoms with E-state index in [1.54, 1.807) is 0 Å². The molecular formula is C9H15N3O2. The van der Waals surface area contributed by atoms with Crippen LogP contribution in [0.1, 0.15) is 43.5 Å². The number of hydrogen-bond acceptors (Lipinski definition) is 5. The number of nitrogens with zero attached hydrogens (tertiary/aromatic N) is 2. The van der Waals surface area contributed by atoms with Crippen LogP contribution < -0.4 is 5.73 Å². The van der Waals surface area contributed by atoms with Crippen molar-refractivity contribution in [3.63, 3.8) is 0 Å². The maximum Gasteiger partial charge on any atom is 0.255 e. The van der Waals surface area contributed by atoms with Gasteiger partial charge in [-0.3, -0.25) is 0 Å². The topological polar surface area (TPSA) is 74.2 Å². The molecule has 0 radical (unpaired) electrons. The van der Waals surface area contributed by atoms with Gasteiger partial charge in [-0.25, -0.2) is 0 Å². The fourth-order valence-corrected chi connectivity index (χ4v) is 1.46. The van der Waals surface area contributed by atoms with E-state index in [4.69, 9.17) is 15.0 Å². The minimum Gasteiger partial charge on any atom is -0.368 e. The molecule has 5 nitrogen and oxygen atoms in total. The summed E-state index contributed by atoms with van der Waals surface area (Å²) in [5, 5.41) is 3.89. The molecule has 1 saturated heterocycles. The van der Waals surface area contributed by atoms with Crippen molar-refractivity contribution in [2.24, 2.45) is 5.73 Å². The van der Waals surface area contributed by atoms with Gasteiger partial charge in [0.05, 0.1) is 0 Å². The number of rotatable bonds is 3. The Bertz CT molecular complexity index is 294. The van der Waals surface area contributed by atoms with Crippen molar-refractivity contribution in [1.82, 2.24) is 10.1 Å². The molecule has 2 rings (SSSR count). The molecule has 1 aromatic rings. The van der Waals surface area contributed by atoms with E-state index >= 15 is 0 Å². The number of aromatic nitrogens is 2. The zero-order valence-electron chi connectivity index (χ0n) is 8.27. The summed E-state index contributed by atoms with van der Waals surface area (Å²) in [5.74, 6) is 1.42. The summed E-state index contributed by atoms with van der Waals surface area (Å²) in [6.45, 7) is 3.30. The highest BCUT2D eigenvalue weighted by Crippen LogP contribution is 2.27. The van der Waals surface area contributed by atoms with Crippen molar-refractivity contribution in [2.45, 2.75) is 31.8 Å². The first-order valence-electron chi connectivity index (χ1n) is 4.96. The molecule has 2 unspecified atom stereocenters. The molecular weight excluding hydrogens is 182 g/mol. The minimum absolute atomic E-state index is 0.00113. The van der Waals surface area contributed by atoms with Gasteiger partial charge in [-0.2, -0.15) is 4.98 Å². The first-order chi connectivity index (χ1) is 6.81. The van der Waals surface area contributed by atoms with Crippen LogP contribution in [-0.2, 0) is 4.74 Å². The largest absolute Gasteiger partial charge is 0.368 e. The first kappa shape index (κ1) is 9.61. The molecule has 2 N–H and O–H groups in total. The average molecular weight is 197 g/mol. The Labute approximate surface area is 82.6 Å². The van der Waals surface area contributed by atoms with E-state index in [1.165, 1.54) is 0 Å².